The van der Waals surface area contributed by atoms with Crippen molar-refractivity contribution in [2.45, 2.75) is 19.8 Å². The maximum Gasteiger partial charge on any atom is 0.0701 e. The number of rotatable bonds is 29. The lowest BCUT2D eigenvalue weighted by molar-refractivity contribution is -0.0255. The second kappa shape index (κ2) is 30.6. The van der Waals surface area contributed by atoms with Crippen LogP contribution in [0.5, 0.6) is 0 Å². The lowest BCUT2D eigenvalue weighted by Gasteiger charge is -2.08. The van der Waals surface area contributed by atoms with Crippen LogP contribution in [0.15, 0.2) is 0 Å². The van der Waals surface area contributed by atoms with Crippen LogP contribution in [0, 0.1) is 0 Å². The van der Waals surface area contributed by atoms with Gasteiger partial charge in [0, 0.05) is 6.61 Å². The number of unbranched alkanes of at least 4 members (excludes halogenated alkanes) is 1. The average Bonchev–Trinajstić information content (AvgIpc) is 2.81. The largest absolute Gasteiger partial charge is 0.394 e. The molecule has 0 atom stereocenters. The van der Waals surface area contributed by atoms with Gasteiger partial charge < -0.3 is 47.7 Å². The van der Waals surface area contributed by atoms with E-state index in [0.29, 0.717) is 112 Å². The minimum Gasteiger partial charge on any atom is -0.394 e. The second-order valence-electron chi connectivity index (χ2n) is 6.59. The van der Waals surface area contributed by atoms with Gasteiger partial charge in [-0.25, -0.2) is 0 Å². The normalized spacial score (nSPS) is 11.4. The second-order valence-corrected chi connectivity index (χ2v) is 6.59. The van der Waals surface area contributed by atoms with Gasteiger partial charge in [0.05, 0.1) is 119 Å². The summed E-state index contributed by atoms with van der Waals surface area (Å²) in [6, 6.07) is 0. The van der Waals surface area contributed by atoms with Crippen LogP contribution in [0.2, 0.25) is 0 Å². The van der Waals surface area contributed by atoms with E-state index in [4.69, 9.17) is 47.7 Å². The summed E-state index contributed by atoms with van der Waals surface area (Å²) in [4.78, 5) is 0. The first-order valence-corrected chi connectivity index (χ1v) is 11.7. The molecule has 0 spiro atoms. The summed E-state index contributed by atoms with van der Waals surface area (Å²) < 4.78 is 48.3. The number of hydrogen-bond acceptors (Lipinski definition) is 10. The van der Waals surface area contributed by atoms with Gasteiger partial charge in [-0.05, 0) is 6.42 Å². The van der Waals surface area contributed by atoms with Crippen LogP contribution in [0.4, 0.5) is 0 Å². The Balaban J connectivity index is 2.98. The highest BCUT2D eigenvalue weighted by atomic mass is 16.6. The first kappa shape index (κ1) is 31.6. The van der Waals surface area contributed by atoms with Crippen molar-refractivity contribution in [3.63, 3.8) is 0 Å². The Morgan fingerprint density at radius 3 is 0.781 bits per heavy atom. The molecule has 0 aromatic carbocycles. The maximum atomic E-state index is 8.54. The average molecular weight is 471 g/mol. The zero-order valence-electron chi connectivity index (χ0n) is 20.0. The van der Waals surface area contributed by atoms with E-state index in [1.807, 2.05) is 0 Å². The molecule has 0 amide bonds. The predicted octanol–water partition coefficient (Wildman–Crippen LogP) is 0.928. The van der Waals surface area contributed by atoms with Crippen LogP contribution in [-0.4, -0.2) is 131 Å². The van der Waals surface area contributed by atoms with E-state index in [9.17, 15) is 0 Å². The Labute approximate surface area is 193 Å². The SMILES string of the molecule is CCCCOCCOCCOCCOCCOCCOCCOCCOCCOCCO. The van der Waals surface area contributed by atoms with E-state index >= 15 is 0 Å². The standard InChI is InChI=1S/C22H46O10/c1-2-3-5-24-7-9-26-11-13-28-15-17-30-19-21-32-22-20-31-18-16-29-14-12-27-10-8-25-6-4-23/h23H,2-22H2,1H3. The molecular formula is C22H46O10. The molecule has 10 nitrogen and oxygen atoms in total. The third kappa shape index (κ3) is 29.6. The van der Waals surface area contributed by atoms with Crippen molar-refractivity contribution in [1.82, 2.24) is 0 Å². The van der Waals surface area contributed by atoms with Crippen molar-refractivity contribution >= 4 is 0 Å². The Kier molecular flexibility index (Phi) is 30.2. The molecule has 1 N–H and O–H groups in total. The monoisotopic (exact) mass is 470 g/mol. The van der Waals surface area contributed by atoms with E-state index in [2.05, 4.69) is 6.92 Å². The summed E-state index contributed by atoms with van der Waals surface area (Å²) in [6.45, 7) is 11.9. The summed E-state index contributed by atoms with van der Waals surface area (Å²) >= 11 is 0. The molecule has 10 heteroatoms. The Hall–Kier alpha value is -0.400. The van der Waals surface area contributed by atoms with Crippen molar-refractivity contribution in [2.24, 2.45) is 0 Å². The van der Waals surface area contributed by atoms with Crippen molar-refractivity contribution in [2.75, 3.05) is 126 Å². The van der Waals surface area contributed by atoms with Crippen molar-refractivity contribution in [3.05, 3.63) is 0 Å². The summed E-state index contributed by atoms with van der Waals surface area (Å²) in [5.41, 5.74) is 0. The van der Waals surface area contributed by atoms with Crippen LogP contribution in [-0.2, 0) is 42.6 Å². The molecule has 0 rings (SSSR count). The van der Waals surface area contributed by atoms with E-state index in [1.165, 1.54) is 0 Å². The molecule has 0 aliphatic carbocycles. The number of ether oxygens (including phenoxy) is 9. The predicted molar refractivity (Wildman–Crippen MR) is 119 cm³/mol. The highest BCUT2D eigenvalue weighted by molar-refractivity contribution is 4.38. The lowest BCUT2D eigenvalue weighted by atomic mass is 10.4. The Morgan fingerprint density at radius 1 is 0.344 bits per heavy atom. The van der Waals surface area contributed by atoms with E-state index in [-0.39, 0.29) is 6.61 Å². The molecule has 0 aliphatic heterocycles. The smallest absolute Gasteiger partial charge is 0.0701 e. The maximum absolute atomic E-state index is 8.54. The van der Waals surface area contributed by atoms with Gasteiger partial charge >= 0.3 is 0 Å². The van der Waals surface area contributed by atoms with Crippen LogP contribution in [0.25, 0.3) is 0 Å². The van der Waals surface area contributed by atoms with E-state index in [1.54, 1.807) is 0 Å². The van der Waals surface area contributed by atoms with Crippen molar-refractivity contribution in [1.29, 1.82) is 0 Å². The zero-order chi connectivity index (χ0) is 23.2. The Bertz CT molecular complexity index is 293. The summed E-state index contributed by atoms with van der Waals surface area (Å²) in [5.74, 6) is 0. The van der Waals surface area contributed by atoms with Gasteiger partial charge in [0.2, 0.25) is 0 Å². The van der Waals surface area contributed by atoms with Crippen LogP contribution < -0.4 is 0 Å². The van der Waals surface area contributed by atoms with Gasteiger partial charge in [0.15, 0.2) is 0 Å². The molecule has 0 heterocycles. The fourth-order valence-corrected chi connectivity index (χ4v) is 2.17. The summed E-state index contributed by atoms with van der Waals surface area (Å²) in [7, 11) is 0. The van der Waals surface area contributed by atoms with Gasteiger partial charge in [-0.1, -0.05) is 13.3 Å². The highest BCUT2D eigenvalue weighted by Gasteiger charge is 1.95. The van der Waals surface area contributed by atoms with Crippen molar-refractivity contribution in [3.8, 4) is 0 Å². The van der Waals surface area contributed by atoms with Gasteiger partial charge in [-0.15, -0.1) is 0 Å². The van der Waals surface area contributed by atoms with Crippen molar-refractivity contribution < 1.29 is 47.7 Å². The van der Waals surface area contributed by atoms with Crippen LogP contribution in [0.3, 0.4) is 0 Å². The van der Waals surface area contributed by atoms with E-state index < -0.39 is 0 Å². The zero-order valence-corrected chi connectivity index (χ0v) is 20.0. The van der Waals surface area contributed by atoms with Crippen LogP contribution >= 0.6 is 0 Å². The van der Waals surface area contributed by atoms with Gasteiger partial charge in [0.25, 0.3) is 0 Å². The van der Waals surface area contributed by atoms with Gasteiger partial charge in [-0.3, -0.25) is 0 Å². The van der Waals surface area contributed by atoms with E-state index in [0.717, 1.165) is 19.4 Å². The molecule has 0 aliphatic rings. The third-order valence-corrected chi connectivity index (χ3v) is 3.85. The fraction of sp³-hybridized carbons (Fsp3) is 1.00. The Morgan fingerprint density at radius 2 is 0.562 bits per heavy atom. The molecule has 0 aromatic heterocycles. The number of aliphatic hydroxyl groups excluding tert-OH is 1. The molecule has 0 fully saturated rings. The first-order chi connectivity index (χ1) is 15.9. The molecule has 0 bridgehead atoms. The number of aliphatic hydroxyl groups is 1. The van der Waals surface area contributed by atoms with Gasteiger partial charge in [-0.2, -0.15) is 0 Å². The molecule has 194 valence electrons. The minimum absolute atomic E-state index is 0.0323. The van der Waals surface area contributed by atoms with Crippen LogP contribution in [0.1, 0.15) is 19.8 Å². The summed E-state index contributed by atoms with van der Waals surface area (Å²) in [5, 5.41) is 8.54. The molecular weight excluding hydrogens is 424 g/mol. The molecule has 0 saturated carbocycles. The van der Waals surface area contributed by atoms with Gasteiger partial charge in [0.1, 0.15) is 0 Å². The molecule has 32 heavy (non-hydrogen) atoms. The molecule has 0 unspecified atom stereocenters. The first-order valence-electron chi connectivity index (χ1n) is 11.7. The molecule has 0 saturated heterocycles. The topological polar surface area (TPSA) is 103 Å². The number of hydrogen-bond donors (Lipinski definition) is 1. The lowest BCUT2D eigenvalue weighted by Crippen LogP contribution is -2.15. The molecule has 0 radical (unpaired) electrons. The fourth-order valence-electron chi connectivity index (χ4n) is 2.17. The highest BCUT2D eigenvalue weighted by Crippen LogP contribution is 1.88. The third-order valence-electron chi connectivity index (χ3n) is 3.85. The minimum atomic E-state index is 0.0323. The quantitative estimate of drug-likeness (QED) is 0.159. The summed E-state index contributed by atoms with van der Waals surface area (Å²) in [6.07, 6.45) is 2.25. The molecule has 0 aromatic rings.